The summed E-state index contributed by atoms with van der Waals surface area (Å²) >= 11 is -1.95. The Morgan fingerprint density at radius 1 is 1.25 bits per heavy atom. The maximum atomic E-state index is 8.00. The summed E-state index contributed by atoms with van der Waals surface area (Å²) in [5, 5.41) is 0. The van der Waals surface area contributed by atoms with Crippen LogP contribution in [0.5, 0.6) is 0 Å². The number of hydrogen-bond donors (Lipinski definition) is 0. The number of hydrogen-bond acceptors (Lipinski definition) is 0. The van der Waals surface area contributed by atoms with E-state index in [-0.39, 0.29) is 0 Å². The van der Waals surface area contributed by atoms with Gasteiger partial charge < -0.3 is 0 Å². The second-order valence-corrected chi connectivity index (χ2v) is 13.4. The molecule has 1 heterocycles. The van der Waals surface area contributed by atoms with Crippen LogP contribution >= 0.6 is 0 Å². The van der Waals surface area contributed by atoms with Gasteiger partial charge in [0.2, 0.25) is 0 Å². The Hall–Kier alpha value is -0.497. The second kappa shape index (κ2) is 2.49. The maximum absolute atomic E-state index is 8.00. The summed E-state index contributed by atoms with van der Waals surface area (Å²) < 4.78 is 10.8. The molecule has 62 valence electrons. The van der Waals surface area contributed by atoms with Crippen molar-refractivity contribution in [2.24, 2.45) is 0 Å². The van der Waals surface area contributed by atoms with Crippen LogP contribution in [-0.4, -0.2) is 13.3 Å². The first kappa shape index (κ1) is 6.96. The van der Waals surface area contributed by atoms with Crippen LogP contribution in [0, 0.1) is 0 Å². The summed E-state index contributed by atoms with van der Waals surface area (Å²) in [6.45, 7) is 2.14. The molecule has 1 aliphatic heterocycles. The SMILES string of the molecule is [2H]C1=[C](C)[Ge]([CH3])([CH3])[c]2ccccc21. The summed E-state index contributed by atoms with van der Waals surface area (Å²) in [7, 11) is 0. The van der Waals surface area contributed by atoms with Crippen LogP contribution in [0.4, 0.5) is 0 Å². The third kappa shape index (κ3) is 0.978. The molecule has 1 aromatic carbocycles. The number of rotatable bonds is 0. The van der Waals surface area contributed by atoms with Gasteiger partial charge in [0.1, 0.15) is 0 Å². The van der Waals surface area contributed by atoms with Crippen molar-refractivity contribution in [2.45, 2.75) is 18.4 Å². The minimum absolute atomic E-state index is 0.792. The number of fused-ring (bicyclic) bond motifs is 1. The monoisotopic (exact) mass is 221 g/mol. The first-order valence-electron chi connectivity index (χ1n) is 4.83. The molecule has 0 amide bonds. The molecule has 0 nitrogen and oxygen atoms in total. The van der Waals surface area contributed by atoms with Gasteiger partial charge >= 0.3 is 77.8 Å². The molecule has 0 aliphatic carbocycles. The molecule has 0 saturated heterocycles. The zero-order valence-electron chi connectivity index (χ0n) is 8.81. The molecule has 0 spiro atoms. The Balaban J connectivity index is 2.74. The Morgan fingerprint density at radius 3 is 2.58 bits per heavy atom. The van der Waals surface area contributed by atoms with E-state index in [9.17, 15) is 0 Å². The first-order valence-corrected chi connectivity index (χ1v) is 10.6. The van der Waals surface area contributed by atoms with Crippen molar-refractivity contribution in [2.75, 3.05) is 0 Å². The van der Waals surface area contributed by atoms with Crippen molar-refractivity contribution in [1.29, 1.82) is 0 Å². The van der Waals surface area contributed by atoms with Crippen molar-refractivity contribution in [3.63, 3.8) is 0 Å². The summed E-state index contributed by atoms with van der Waals surface area (Å²) in [5.41, 5.74) is 1.19. The molecule has 0 N–H and O–H groups in total. The van der Waals surface area contributed by atoms with Gasteiger partial charge in [-0.05, 0) is 0 Å². The van der Waals surface area contributed by atoms with Crippen LogP contribution in [0.2, 0.25) is 11.5 Å². The Morgan fingerprint density at radius 2 is 1.92 bits per heavy atom. The van der Waals surface area contributed by atoms with E-state index in [0.29, 0.717) is 0 Å². The van der Waals surface area contributed by atoms with Crippen LogP contribution in [-0.2, 0) is 0 Å². The van der Waals surface area contributed by atoms with Crippen LogP contribution in [0.15, 0.2) is 28.7 Å². The van der Waals surface area contributed by atoms with E-state index < -0.39 is 13.3 Å². The van der Waals surface area contributed by atoms with Crippen molar-refractivity contribution in [3.05, 3.63) is 34.2 Å². The Labute approximate surface area is 78.1 Å². The molecular formula is C11H14Ge. The van der Waals surface area contributed by atoms with E-state index in [1.807, 2.05) is 6.07 Å². The van der Waals surface area contributed by atoms with Gasteiger partial charge in [-0.25, -0.2) is 0 Å². The molecule has 1 aromatic rings. The normalized spacial score (nSPS) is 20.8. The van der Waals surface area contributed by atoms with Crippen molar-refractivity contribution >= 4 is 23.7 Å². The quantitative estimate of drug-likeness (QED) is 0.589. The number of benzene rings is 1. The summed E-state index contributed by atoms with van der Waals surface area (Å²) in [5.74, 6) is 4.74. The van der Waals surface area contributed by atoms with Crippen molar-refractivity contribution < 1.29 is 1.37 Å². The molecule has 1 aliphatic rings. The fourth-order valence-electron chi connectivity index (χ4n) is 1.70. The van der Waals surface area contributed by atoms with Gasteiger partial charge in [-0.15, -0.1) is 0 Å². The molecule has 0 fully saturated rings. The molecule has 0 unspecified atom stereocenters. The van der Waals surface area contributed by atoms with Crippen LogP contribution in [0.1, 0.15) is 13.9 Å². The van der Waals surface area contributed by atoms with Gasteiger partial charge in [-0.3, -0.25) is 0 Å². The van der Waals surface area contributed by atoms with E-state index in [0.717, 1.165) is 6.05 Å². The molecule has 1 heteroatoms. The van der Waals surface area contributed by atoms with Crippen LogP contribution in [0.3, 0.4) is 0 Å². The van der Waals surface area contributed by atoms with Gasteiger partial charge in [-0.1, -0.05) is 0 Å². The molecular weight excluding hydrogens is 205 g/mol. The van der Waals surface area contributed by atoms with Gasteiger partial charge in [0, 0.05) is 0 Å². The number of allylic oxidation sites excluding steroid dienone is 1. The molecule has 0 aromatic heterocycles. The zero-order chi connectivity index (χ0) is 9.64. The summed E-state index contributed by atoms with van der Waals surface area (Å²) in [6.07, 6.45) is 0. The van der Waals surface area contributed by atoms with E-state index in [4.69, 9.17) is 1.37 Å². The fourth-order valence-corrected chi connectivity index (χ4v) is 6.28. The first-order chi connectivity index (χ1) is 6.05. The molecule has 0 radical (unpaired) electrons. The molecule has 2 rings (SSSR count). The van der Waals surface area contributed by atoms with E-state index in [1.165, 1.54) is 14.4 Å². The van der Waals surface area contributed by atoms with E-state index >= 15 is 0 Å². The van der Waals surface area contributed by atoms with Crippen molar-refractivity contribution in [1.82, 2.24) is 0 Å². The molecule has 0 saturated carbocycles. The van der Waals surface area contributed by atoms with E-state index in [1.54, 1.807) is 0 Å². The van der Waals surface area contributed by atoms with E-state index in [2.05, 4.69) is 36.6 Å². The van der Waals surface area contributed by atoms with Gasteiger partial charge in [0.05, 0.1) is 0 Å². The van der Waals surface area contributed by atoms with Crippen molar-refractivity contribution in [3.8, 4) is 0 Å². The Kier molecular flexibility index (Phi) is 1.45. The van der Waals surface area contributed by atoms with Gasteiger partial charge in [0.15, 0.2) is 0 Å². The molecule has 0 bridgehead atoms. The topological polar surface area (TPSA) is 0 Å². The average Bonchev–Trinajstić information content (AvgIpc) is 2.30. The van der Waals surface area contributed by atoms with Gasteiger partial charge in [-0.2, -0.15) is 0 Å². The third-order valence-electron chi connectivity index (χ3n) is 2.86. The Bertz CT molecular complexity index is 391. The molecule has 12 heavy (non-hydrogen) atoms. The average molecular weight is 220 g/mol. The van der Waals surface area contributed by atoms with Crippen LogP contribution in [0.25, 0.3) is 6.05 Å². The zero-order valence-corrected chi connectivity index (χ0v) is 9.91. The predicted molar refractivity (Wildman–Crippen MR) is 57.2 cm³/mol. The van der Waals surface area contributed by atoms with Crippen LogP contribution < -0.4 is 4.40 Å². The summed E-state index contributed by atoms with van der Waals surface area (Å²) in [4.78, 5) is 0. The minimum atomic E-state index is -1.95. The predicted octanol–water partition coefficient (Wildman–Crippen LogP) is 2.56. The standard InChI is InChI=1S/C11H14Ge/c1-9-8-10-6-4-5-7-11(10)12(9,2)3/h4-8H,1-3H3/i8D. The fraction of sp³-hybridized carbons (Fsp3) is 0.273. The second-order valence-electron chi connectivity index (χ2n) is 3.92. The summed E-state index contributed by atoms with van der Waals surface area (Å²) in [6, 6.07) is 9.21. The third-order valence-corrected chi connectivity index (χ3v) is 10.8. The van der Waals surface area contributed by atoms with Gasteiger partial charge in [0.25, 0.3) is 0 Å². The molecule has 0 atom stereocenters.